The summed E-state index contributed by atoms with van der Waals surface area (Å²) in [5.41, 5.74) is 0. The molecule has 1 aromatic carbocycles. The third-order valence-electron chi connectivity index (χ3n) is 3.69. The Morgan fingerprint density at radius 1 is 1.29 bits per heavy atom. The van der Waals surface area contributed by atoms with Crippen LogP contribution in [0.25, 0.3) is 0 Å². The van der Waals surface area contributed by atoms with Gasteiger partial charge in [0.05, 0.1) is 17.3 Å². The highest BCUT2D eigenvalue weighted by Crippen LogP contribution is 2.17. The van der Waals surface area contributed by atoms with E-state index in [2.05, 4.69) is 0 Å². The number of rotatable bonds is 7. The summed E-state index contributed by atoms with van der Waals surface area (Å²) in [6.07, 6.45) is 3.68. The summed E-state index contributed by atoms with van der Waals surface area (Å²) >= 11 is 0. The molecule has 0 aromatic heterocycles. The van der Waals surface area contributed by atoms with Gasteiger partial charge in [0.2, 0.25) is 0 Å². The molecule has 2 rings (SSSR count). The molecule has 2 atom stereocenters. The van der Waals surface area contributed by atoms with E-state index in [9.17, 15) is 8.42 Å². The van der Waals surface area contributed by atoms with Crippen LogP contribution in [-0.2, 0) is 19.3 Å². The molecule has 4 nitrogen and oxygen atoms in total. The minimum atomic E-state index is -3.19. The maximum absolute atomic E-state index is 12.2. The van der Waals surface area contributed by atoms with Gasteiger partial charge in [0.15, 0.2) is 16.1 Å². The van der Waals surface area contributed by atoms with Crippen molar-refractivity contribution in [1.29, 1.82) is 0 Å². The van der Waals surface area contributed by atoms with Gasteiger partial charge in [-0.3, -0.25) is 0 Å². The number of hydrogen-bond donors (Lipinski definition) is 0. The molecule has 0 aliphatic carbocycles. The van der Waals surface area contributed by atoms with Crippen molar-refractivity contribution in [2.24, 2.45) is 5.92 Å². The van der Waals surface area contributed by atoms with Gasteiger partial charge in [-0.2, -0.15) is 0 Å². The van der Waals surface area contributed by atoms with Crippen LogP contribution in [0.2, 0.25) is 0 Å². The number of hydrogen-bond acceptors (Lipinski definition) is 4. The van der Waals surface area contributed by atoms with E-state index in [1.807, 2.05) is 13.0 Å². The molecule has 1 fully saturated rings. The first-order valence-corrected chi connectivity index (χ1v) is 9.24. The Bertz CT molecular complexity index is 506. The highest BCUT2D eigenvalue weighted by Gasteiger charge is 2.18. The molecule has 0 saturated carbocycles. The summed E-state index contributed by atoms with van der Waals surface area (Å²) in [6, 6.07) is 8.61. The Labute approximate surface area is 127 Å². The summed E-state index contributed by atoms with van der Waals surface area (Å²) < 4.78 is 35.6. The fourth-order valence-corrected chi connectivity index (χ4v) is 3.82. The van der Waals surface area contributed by atoms with E-state index in [0.717, 1.165) is 25.9 Å². The average Bonchev–Trinajstić information content (AvgIpc) is 2.53. The predicted octanol–water partition coefficient (Wildman–Crippen LogP) is 3.03. The highest BCUT2D eigenvalue weighted by atomic mass is 32.2. The van der Waals surface area contributed by atoms with E-state index in [1.165, 1.54) is 0 Å². The van der Waals surface area contributed by atoms with Gasteiger partial charge in [-0.15, -0.1) is 0 Å². The lowest BCUT2D eigenvalue weighted by molar-refractivity contribution is -0.168. The Hall–Kier alpha value is -0.910. The molecule has 1 aliphatic rings. The van der Waals surface area contributed by atoms with Gasteiger partial charge in [-0.25, -0.2) is 8.42 Å². The van der Waals surface area contributed by atoms with Crippen molar-refractivity contribution >= 4 is 9.84 Å². The van der Waals surface area contributed by atoms with Crippen LogP contribution in [0.3, 0.4) is 0 Å². The van der Waals surface area contributed by atoms with E-state index in [-0.39, 0.29) is 18.0 Å². The van der Waals surface area contributed by atoms with Crippen LogP contribution in [0.15, 0.2) is 35.2 Å². The lowest BCUT2D eigenvalue weighted by atomic mass is 10.1. The third-order valence-corrected chi connectivity index (χ3v) is 5.45. The van der Waals surface area contributed by atoms with Crippen LogP contribution < -0.4 is 0 Å². The molecule has 1 aliphatic heterocycles. The first kappa shape index (κ1) is 16.5. The second-order valence-electron chi connectivity index (χ2n) is 5.66. The summed E-state index contributed by atoms with van der Waals surface area (Å²) in [7, 11) is -3.19. The molecule has 1 aromatic rings. The monoisotopic (exact) mass is 312 g/mol. The van der Waals surface area contributed by atoms with Crippen LogP contribution in [0.1, 0.15) is 32.6 Å². The second kappa shape index (κ2) is 7.92. The Balaban J connectivity index is 1.74. The van der Waals surface area contributed by atoms with Crippen LogP contribution in [0.4, 0.5) is 0 Å². The van der Waals surface area contributed by atoms with E-state index >= 15 is 0 Å². The van der Waals surface area contributed by atoms with Gasteiger partial charge in [0.25, 0.3) is 0 Å². The number of benzene rings is 1. The van der Waals surface area contributed by atoms with Crippen LogP contribution in [0.5, 0.6) is 0 Å². The fraction of sp³-hybridized carbons (Fsp3) is 0.625. The maximum Gasteiger partial charge on any atom is 0.178 e. The zero-order valence-electron chi connectivity index (χ0n) is 12.5. The number of ether oxygens (including phenoxy) is 2. The van der Waals surface area contributed by atoms with E-state index in [0.29, 0.717) is 17.9 Å². The maximum atomic E-state index is 12.2. The molecular formula is C16H24O4S. The Morgan fingerprint density at radius 3 is 2.71 bits per heavy atom. The normalized spacial score (nSPS) is 21.1. The lowest BCUT2D eigenvalue weighted by Crippen LogP contribution is -2.25. The fourth-order valence-electron chi connectivity index (χ4n) is 2.30. The minimum Gasteiger partial charge on any atom is -0.353 e. The zero-order chi connectivity index (χ0) is 15.1. The van der Waals surface area contributed by atoms with Crippen LogP contribution >= 0.6 is 0 Å². The van der Waals surface area contributed by atoms with Gasteiger partial charge in [0.1, 0.15) is 0 Å². The summed E-state index contributed by atoms with van der Waals surface area (Å²) in [5.74, 6) is 0.363. The lowest BCUT2D eigenvalue weighted by Gasteiger charge is -2.24. The topological polar surface area (TPSA) is 52.6 Å². The van der Waals surface area contributed by atoms with Crippen molar-refractivity contribution in [3.8, 4) is 0 Å². The van der Waals surface area contributed by atoms with E-state index in [4.69, 9.17) is 9.47 Å². The van der Waals surface area contributed by atoms with Gasteiger partial charge in [-0.05, 0) is 43.7 Å². The molecule has 0 bridgehead atoms. The second-order valence-corrected chi connectivity index (χ2v) is 7.76. The van der Waals surface area contributed by atoms with Gasteiger partial charge < -0.3 is 9.47 Å². The summed E-state index contributed by atoms with van der Waals surface area (Å²) in [5, 5.41) is 0. The van der Waals surface area contributed by atoms with Crippen molar-refractivity contribution in [1.82, 2.24) is 0 Å². The number of sulfone groups is 1. The highest BCUT2D eigenvalue weighted by molar-refractivity contribution is 7.91. The van der Waals surface area contributed by atoms with Crippen molar-refractivity contribution in [2.45, 2.75) is 43.8 Å². The standard InChI is InChI=1S/C16H24O4S/c1-14(13-20-16-9-5-6-11-19-16)10-12-21(17,18)15-7-3-2-4-8-15/h2-4,7-8,14,16H,5-6,9-13H2,1H3/t14-,16?/m0/s1. The largest absolute Gasteiger partial charge is 0.353 e. The molecule has 1 heterocycles. The molecule has 0 amide bonds. The molecule has 0 N–H and O–H groups in total. The molecule has 0 radical (unpaired) electrons. The van der Waals surface area contributed by atoms with E-state index in [1.54, 1.807) is 24.3 Å². The first-order valence-electron chi connectivity index (χ1n) is 7.59. The van der Waals surface area contributed by atoms with Gasteiger partial charge in [0, 0.05) is 6.61 Å². The SMILES string of the molecule is C[C@@H](CCS(=O)(=O)c1ccccc1)COC1CCCCO1. The quantitative estimate of drug-likeness (QED) is 0.776. The van der Waals surface area contributed by atoms with Crippen LogP contribution in [-0.4, -0.2) is 33.7 Å². The first-order chi connectivity index (χ1) is 10.1. The third kappa shape index (κ3) is 5.41. The van der Waals surface area contributed by atoms with Crippen LogP contribution in [0, 0.1) is 5.92 Å². The Kier molecular flexibility index (Phi) is 6.21. The van der Waals surface area contributed by atoms with Gasteiger partial charge >= 0.3 is 0 Å². The molecule has 118 valence electrons. The molecule has 1 unspecified atom stereocenters. The predicted molar refractivity (Wildman–Crippen MR) is 81.8 cm³/mol. The average molecular weight is 312 g/mol. The van der Waals surface area contributed by atoms with Crippen molar-refractivity contribution < 1.29 is 17.9 Å². The molecule has 1 saturated heterocycles. The molecule has 0 spiro atoms. The van der Waals surface area contributed by atoms with Crippen molar-refractivity contribution in [3.05, 3.63) is 30.3 Å². The molecule has 21 heavy (non-hydrogen) atoms. The molecular weight excluding hydrogens is 288 g/mol. The zero-order valence-corrected chi connectivity index (χ0v) is 13.3. The smallest absolute Gasteiger partial charge is 0.178 e. The Morgan fingerprint density at radius 2 is 2.05 bits per heavy atom. The van der Waals surface area contributed by atoms with E-state index < -0.39 is 9.84 Å². The minimum absolute atomic E-state index is 0.105. The van der Waals surface area contributed by atoms with Crippen molar-refractivity contribution in [2.75, 3.05) is 19.0 Å². The molecule has 5 heteroatoms. The van der Waals surface area contributed by atoms with Crippen molar-refractivity contribution in [3.63, 3.8) is 0 Å². The van der Waals surface area contributed by atoms with Gasteiger partial charge in [-0.1, -0.05) is 25.1 Å². The summed E-state index contributed by atoms with van der Waals surface area (Å²) in [4.78, 5) is 0.397. The summed E-state index contributed by atoms with van der Waals surface area (Å²) in [6.45, 7) is 3.33.